The van der Waals surface area contributed by atoms with Crippen molar-refractivity contribution in [3.05, 3.63) is 68.0 Å². The largest absolute Gasteiger partial charge is 0.346 e. The van der Waals surface area contributed by atoms with Crippen molar-refractivity contribution in [1.82, 2.24) is 20.2 Å². The predicted molar refractivity (Wildman–Crippen MR) is 97.5 cm³/mol. The average Bonchev–Trinajstić information content (AvgIpc) is 3.04. The molecule has 0 aliphatic carbocycles. The topological polar surface area (TPSA) is 55.6 Å². The Balaban J connectivity index is 1.78. The summed E-state index contributed by atoms with van der Waals surface area (Å²) in [5, 5.41) is 15.4. The van der Waals surface area contributed by atoms with E-state index in [4.69, 9.17) is 11.6 Å². The summed E-state index contributed by atoms with van der Waals surface area (Å²) in [6, 6.07) is 12.5. The maximum atomic E-state index is 14.4. The van der Waals surface area contributed by atoms with Crippen LogP contribution in [0.25, 0.3) is 0 Å². The van der Waals surface area contributed by atoms with Gasteiger partial charge in [0.1, 0.15) is 5.82 Å². The van der Waals surface area contributed by atoms with Gasteiger partial charge in [0.2, 0.25) is 5.95 Å². The highest BCUT2D eigenvalue weighted by atomic mass is 127. The molecule has 122 valence electrons. The highest BCUT2D eigenvalue weighted by Gasteiger charge is 2.33. The Morgan fingerprint density at radius 3 is 2.75 bits per heavy atom. The molecular formula is C16H12ClFIN5. The molecule has 3 aromatic rings. The molecule has 8 heteroatoms. The molecule has 0 fully saturated rings. The Morgan fingerprint density at radius 1 is 1.21 bits per heavy atom. The second kappa shape index (κ2) is 6.29. The van der Waals surface area contributed by atoms with Gasteiger partial charge < -0.3 is 5.32 Å². The van der Waals surface area contributed by atoms with Gasteiger partial charge in [-0.3, -0.25) is 0 Å². The van der Waals surface area contributed by atoms with Crippen molar-refractivity contribution in [3.63, 3.8) is 0 Å². The van der Waals surface area contributed by atoms with Crippen molar-refractivity contribution < 1.29 is 4.39 Å². The number of nitrogens with one attached hydrogen (secondary N) is 1. The molecule has 0 saturated carbocycles. The Morgan fingerprint density at radius 2 is 2.00 bits per heavy atom. The number of anilines is 1. The average molecular weight is 456 g/mol. The molecule has 2 aromatic carbocycles. The van der Waals surface area contributed by atoms with Crippen LogP contribution in [-0.2, 0) is 0 Å². The van der Waals surface area contributed by atoms with Crippen LogP contribution in [-0.4, -0.2) is 20.2 Å². The molecule has 0 saturated heterocycles. The van der Waals surface area contributed by atoms with E-state index in [9.17, 15) is 4.39 Å². The normalized spacial score (nSPS) is 19.6. The maximum absolute atomic E-state index is 14.4. The number of fused-ring (bicyclic) bond motifs is 1. The second-order valence-electron chi connectivity index (χ2n) is 5.58. The number of hydrogen-bond acceptors (Lipinski definition) is 4. The second-order valence-corrected chi connectivity index (χ2v) is 7.24. The van der Waals surface area contributed by atoms with Crippen molar-refractivity contribution in [1.29, 1.82) is 0 Å². The molecule has 0 spiro atoms. The third kappa shape index (κ3) is 2.75. The zero-order valence-electron chi connectivity index (χ0n) is 12.3. The molecule has 2 heterocycles. The summed E-state index contributed by atoms with van der Waals surface area (Å²) >= 11 is 8.53. The van der Waals surface area contributed by atoms with E-state index in [0.29, 0.717) is 23.0 Å². The lowest BCUT2D eigenvalue weighted by molar-refractivity contribution is 0.409. The van der Waals surface area contributed by atoms with Gasteiger partial charge in [0, 0.05) is 14.2 Å². The quantitative estimate of drug-likeness (QED) is 0.588. The first-order valence-electron chi connectivity index (χ1n) is 7.37. The zero-order valence-corrected chi connectivity index (χ0v) is 15.2. The summed E-state index contributed by atoms with van der Waals surface area (Å²) in [5.74, 6) is 0.159. The number of benzene rings is 2. The number of nitrogens with zero attached hydrogens (tertiary/aromatic N) is 4. The van der Waals surface area contributed by atoms with E-state index in [2.05, 4.69) is 55.6 Å². The Kier molecular flexibility index (Phi) is 4.13. The fourth-order valence-corrected chi connectivity index (χ4v) is 3.67. The first-order valence-corrected chi connectivity index (χ1v) is 8.83. The van der Waals surface area contributed by atoms with Gasteiger partial charge in [-0.2, -0.15) is 0 Å². The fourth-order valence-electron chi connectivity index (χ4n) is 3.02. The third-order valence-electron chi connectivity index (χ3n) is 4.16. The van der Waals surface area contributed by atoms with Crippen molar-refractivity contribution in [2.45, 2.75) is 18.5 Å². The molecule has 5 nitrogen and oxygen atoms in total. The van der Waals surface area contributed by atoms with Crippen LogP contribution in [0, 0.1) is 9.39 Å². The van der Waals surface area contributed by atoms with Crippen LogP contribution < -0.4 is 5.32 Å². The van der Waals surface area contributed by atoms with Crippen molar-refractivity contribution >= 4 is 40.1 Å². The first-order chi connectivity index (χ1) is 11.6. The van der Waals surface area contributed by atoms with E-state index >= 15 is 0 Å². The molecule has 1 aliphatic heterocycles. The van der Waals surface area contributed by atoms with Crippen molar-refractivity contribution in [2.75, 3.05) is 5.32 Å². The van der Waals surface area contributed by atoms with Crippen LogP contribution >= 0.6 is 34.2 Å². The molecule has 0 radical (unpaired) electrons. The third-order valence-corrected chi connectivity index (χ3v) is 5.20. The molecule has 0 bridgehead atoms. The standard InChI is InChI=1S/C16H12ClFIN5/c17-11-2-1-3-12(18)15(11)14-8-13(9-4-6-10(19)7-5-9)20-16-21-22-23-24(14)16/h1-7,13-14H,8H2,(H,20,21,23)/t13-,14+/m0/s1. The van der Waals surface area contributed by atoms with Crippen LogP contribution in [0.2, 0.25) is 5.02 Å². The Bertz CT molecular complexity index is 862. The minimum absolute atomic E-state index is 0.0267. The van der Waals surface area contributed by atoms with Gasteiger partial charge in [-0.15, -0.1) is 0 Å². The van der Waals surface area contributed by atoms with Crippen molar-refractivity contribution in [3.8, 4) is 0 Å². The summed E-state index contributed by atoms with van der Waals surface area (Å²) in [7, 11) is 0. The maximum Gasteiger partial charge on any atom is 0.243 e. The fraction of sp³-hybridized carbons (Fsp3) is 0.188. The summed E-state index contributed by atoms with van der Waals surface area (Å²) in [6.07, 6.45) is 0.597. The molecule has 1 N–H and O–H groups in total. The number of halogens is 3. The molecule has 24 heavy (non-hydrogen) atoms. The van der Waals surface area contributed by atoms with Crippen LogP contribution in [0.1, 0.15) is 29.6 Å². The lowest BCUT2D eigenvalue weighted by Gasteiger charge is -2.31. The van der Waals surface area contributed by atoms with Gasteiger partial charge in [-0.05, 0) is 69.3 Å². The van der Waals surface area contributed by atoms with E-state index in [1.165, 1.54) is 6.07 Å². The minimum atomic E-state index is -0.366. The van der Waals surface area contributed by atoms with Crippen LogP contribution in [0.5, 0.6) is 0 Å². The van der Waals surface area contributed by atoms with Crippen LogP contribution in [0.3, 0.4) is 0 Å². The van der Waals surface area contributed by atoms with Gasteiger partial charge in [-0.1, -0.05) is 34.9 Å². The molecule has 1 aromatic heterocycles. The molecule has 1 aliphatic rings. The Labute approximate surface area is 156 Å². The monoisotopic (exact) mass is 455 g/mol. The molecule has 2 atom stereocenters. The molecule has 4 rings (SSSR count). The summed E-state index contributed by atoms with van der Waals surface area (Å²) < 4.78 is 17.2. The van der Waals surface area contributed by atoms with E-state index in [1.807, 2.05) is 12.1 Å². The van der Waals surface area contributed by atoms with E-state index in [-0.39, 0.29) is 17.9 Å². The Hall–Kier alpha value is -1.74. The first kappa shape index (κ1) is 15.8. The van der Waals surface area contributed by atoms with Gasteiger partial charge in [0.15, 0.2) is 0 Å². The number of hydrogen-bond donors (Lipinski definition) is 1. The number of tetrazole rings is 1. The van der Waals surface area contributed by atoms with Gasteiger partial charge in [-0.25, -0.2) is 9.07 Å². The molecule has 0 unspecified atom stereocenters. The van der Waals surface area contributed by atoms with Gasteiger partial charge >= 0.3 is 0 Å². The lowest BCUT2D eigenvalue weighted by Crippen LogP contribution is -2.28. The minimum Gasteiger partial charge on any atom is -0.346 e. The summed E-state index contributed by atoms with van der Waals surface area (Å²) in [6.45, 7) is 0. The zero-order chi connectivity index (χ0) is 16.7. The smallest absolute Gasteiger partial charge is 0.243 e. The molecular weight excluding hydrogens is 444 g/mol. The van der Waals surface area contributed by atoms with Crippen LogP contribution in [0.4, 0.5) is 10.3 Å². The van der Waals surface area contributed by atoms with Crippen molar-refractivity contribution in [2.24, 2.45) is 0 Å². The summed E-state index contributed by atoms with van der Waals surface area (Å²) in [5.41, 5.74) is 1.52. The highest BCUT2D eigenvalue weighted by Crippen LogP contribution is 2.40. The van der Waals surface area contributed by atoms with E-state index < -0.39 is 0 Å². The van der Waals surface area contributed by atoms with E-state index in [0.717, 1.165) is 9.13 Å². The van der Waals surface area contributed by atoms with Crippen LogP contribution in [0.15, 0.2) is 42.5 Å². The number of rotatable bonds is 2. The van der Waals surface area contributed by atoms with Gasteiger partial charge in [0.25, 0.3) is 0 Å². The highest BCUT2D eigenvalue weighted by molar-refractivity contribution is 14.1. The lowest BCUT2D eigenvalue weighted by atomic mass is 9.93. The SMILES string of the molecule is Fc1cccc(Cl)c1[C@H]1C[C@@H](c2ccc(I)cc2)Nc2nnnn21. The van der Waals surface area contributed by atoms with E-state index in [1.54, 1.807) is 16.8 Å². The predicted octanol–water partition coefficient (Wildman–Crippen LogP) is 4.22. The summed E-state index contributed by atoms with van der Waals surface area (Å²) in [4.78, 5) is 0. The number of aromatic nitrogens is 4. The van der Waals surface area contributed by atoms with Gasteiger partial charge in [0.05, 0.1) is 12.1 Å². The molecule has 0 amide bonds.